The normalized spacial score (nSPS) is 12.2. The fourth-order valence-corrected chi connectivity index (χ4v) is 2.74. The summed E-state index contributed by atoms with van der Waals surface area (Å²) in [4.78, 5) is 15.3. The lowest BCUT2D eigenvalue weighted by Gasteiger charge is -2.10. The maximum absolute atomic E-state index is 12.1. The van der Waals surface area contributed by atoms with Crippen LogP contribution >= 0.6 is 11.6 Å². The Kier molecular flexibility index (Phi) is 4.45. The third-order valence-corrected chi connectivity index (χ3v) is 4.14. The Bertz CT molecular complexity index is 767. The minimum Gasteiger partial charge on any atom is -0.361 e. The summed E-state index contributed by atoms with van der Waals surface area (Å²) in [5.41, 5.74) is 3.12. The summed E-state index contributed by atoms with van der Waals surface area (Å²) < 4.78 is 0. The lowest BCUT2D eigenvalue weighted by Crippen LogP contribution is -2.28. The predicted molar refractivity (Wildman–Crippen MR) is 90.0 cm³/mol. The van der Waals surface area contributed by atoms with Crippen LogP contribution in [0, 0.1) is 0 Å². The summed E-state index contributed by atoms with van der Waals surface area (Å²) in [6.07, 6.45) is 2.76. The first kappa shape index (κ1) is 14.7. The van der Waals surface area contributed by atoms with E-state index >= 15 is 0 Å². The molecular weight excluding hydrogens is 296 g/mol. The van der Waals surface area contributed by atoms with Gasteiger partial charge in [0, 0.05) is 23.6 Å². The van der Waals surface area contributed by atoms with Crippen LogP contribution in [0.2, 0.25) is 0 Å². The van der Waals surface area contributed by atoms with Crippen molar-refractivity contribution in [3.63, 3.8) is 0 Å². The van der Waals surface area contributed by atoms with E-state index in [-0.39, 0.29) is 5.91 Å². The van der Waals surface area contributed by atoms with Crippen LogP contribution < -0.4 is 5.32 Å². The molecule has 112 valence electrons. The molecule has 0 fully saturated rings. The number of alkyl halides is 1. The molecule has 1 aromatic heterocycles. The van der Waals surface area contributed by atoms with E-state index in [1.54, 1.807) is 0 Å². The highest BCUT2D eigenvalue weighted by molar-refractivity contribution is 6.30. The minimum absolute atomic E-state index is 0.160. The average Bonchev–Trinajstić information content (AvgIpc) is 2.98. The first-order valence-electron chi connectivity index (χ1n) is 7.27. The van der Waals surface area contributed by atoms with Crippen molar-refractivity contribution in [1.82, 2.24) is 10.3 Å². The van der Waals surface area contributed by atoms with Gasteiger partial charge in [0.25, 0.3) is 0 Å². The number of amides is 1. The van der Waals surface area contributed by atoms with Crippen LogP contribution in [0.25, 0.3) is 10.9 Å². The monoisotopic (exact) mass is 312 g/mol. The Morgan fingerprint density at radius 3 is 2.64 bits per heavy atom. The molecule has 0 bridgehead atoms. The molecule has 1 amide bonds. The smallest absolute Gasteiger partial charge is 0.242 e. The number of benzene rings is 2. The Morgan fingerprint density at radius 2 is 1.82 bits per heavy atom. The minimum atomic E-state index is -0.649. The van der Waals surface area contributed by atoms with Crippen LogP contribution in [0.3, 0.4) is 0 Å². The van der Waals surface area contributed by atoms with Gasteiger partial charge in [0.05, 0.1) is 0 Å². The molecule has 0 aliphatic heterocycles. The number of carbonyl (C=O) groups excluding carboxylic acids is 1. The van der Waals surface area contributed by atoms with Gasteiger partial charge in [-0.15, -0.1) is 11.6 Å². The van der Waals surface area contributed by atoms with Crippen molar-refractivity contribution in [2.24, 2.45) is 0 Å². The molecule has 0 radical (unpaired) electrons. The van der Waals surface area contributed by atoms with Gasteiger partial charge in [0.1, 0.15) is 5.38 Å². The van der Waals surface area contributed by atoms with Crippen molar-refractivity contribution in [3.8, 4) is 0 Å². The van der Waals surface area contributed by atoms with Gasteiger partial charge in [-0.25, -0.2) is 0 Å². The van der Waals surface area contributed by atoms with Gasteiger partial charge in [0.2, 0.25) is 5.91 Å². The van der Waals surface area contributed by atoms with Crippen molar-refractivity contribution < 1.29 is 4.79 Å². The number of aromatic amines is 1. The fourth-order valence-electron chi connectivity index (χ4n) is 2.52. The van der Waals surface area contributed by atoms with Crippen molar-refractivity contribution in [2.75, 3.05) is 6.54 Å². The molecular formula is C18H17ClN2O. The van der Waals surface area contributed by atoms with Crippen LogP contribution in [-0.4, -0.2) is 17.4 Å². The number of fused-ring (bicyclic) bond motifs is 1. The number of halogens is 1. The quantitative estimate of drug-likeness (QED) is 0.691. The maximum Gasteiger partial charge on any atom is 0.242 e. The molecule has 3 aromatic rings. The maximum atomic E-state index is 12.1. The molecule has 1 atom stereocenters. The summed E-state index contributed by atoms with van der Waals surface area (Å²) in [6.45, 7) is 0.566. The van der Waals surface area contributed by atoms with E-state index in [1.807, 2.05) is 54.7 Å². The highest BCUT2D eigenvalue weighted by atomic mass is 35.5. The number of H-pyrrole nitrogens is 1. The van der Waals surface area contributed by atoms with Crippen molar-refractivity contribution in [2.45, 2.75) is 11.8 Å². The average molecular weight is 313 g/mol. The molecule has 2 N–H and O–H groups in total. The van der Waals surface area contributed by atoms with Crippen LogP contribution in [0.5, 0.6) is 0 Å². The summed E-state index contributed by atoms with van der Waals surface area (Å²) in [5.74, 6) is -0.160. The molecule has 1 heterocycles. The Morgan fingerprint density at radius 1 is 1.09 bits per heavy atom. The topological polar surface area (TPSA) is 44.9 Å². The molecule has 1 unspecified atom stereocenters. The number of rotatable bonds is 5. The standard InChI is InChI=1S/C18H17ClN2O/c19-17(13-6-2-1-3-7-13)18(22)20-11-10-14-12-21-16-9-5-4-8-15(14)16/h1-9,12,17,21H,10-11H2,(H,20,22). The summed E-state index contributed by atoms with van der Waals surface area (Å²) in [5, 5.41) is 3.45. The van der Waals surface area contributed by atoms with Gasteiger partial charge >= 0.3 is 0 Å². The van der Waals surface area contributed by atoms with E-state index in [9.17, 15) is 4.79 Å². The number of hydrogen-bond donors (Lipinski definition) is 2. The van der Waals surface area contributed by atoms with Crippen molar-refractivity contribution >= 4 is 28.4 Å². The molecule has 0 saturated heterocycles. The zero-order valence-electron chi connectivity index (χ0n) is 12.1. The summed E-state index contributed by atoms with van der Waals surface area (Å²) in [7, 11) is 0. The highest BCUT2D eigenvalue weighted by Crippen LogP contribution is 2.20. The molecule has 3 nitrogen and oxygen atoms in total. The molecule has 0 aliphatic carbocycles. The van der Waals surface area contributed by atoms with Crippen molar-refractivity contribution in [1.29, 1.82) is 0 Å². The van der Waals surface area contributed by atoms with Gasteiger partial charge in [0.15, 0.2) is 0 Å². The zero-order chi connectivity index (χ0) is 15.4. The first-order chi connectivity index (χ1) is 10.8. The lowest BCUT2D eigenvalue weighted by molar-refractivity contribution is -0.120. The van der Waals surface area contributed by atoms with E-state index < -0.39 is 5.38 Å². The van der Waals surface area contributed by atoms with Gasteiger partial charge in [-0.2, -0.15) is 0 Å². The molecule has 2 aromatic carbocycles. The van der Waals surface area contributed by atoms with E-state index in [4.69, 9.17) is 11.6 Å². The molecule has 0 saturated carbocycles. The number of carbonyl (C=O) groups is 1. The van der Waals surface area contributed by atoms with Gasteiger partial charge in [-0.05, 0) is 23.6 Å². The second-order valence-corrected chi connectivity index (χ2v) is 5.61. The zero-order valence-corrected chi connectivity index (χ0v) is 12.8. The molecule has 22 heavy (non-hydrogen) atoms. The molecule has 3 rings (SSSR count). The summed E-state index contributed by atoms with van der Waals surface area (Å²) in [6, 6.07) is 17.5. The second kappa shape index (κ2) is 6.67. The number of nitrogens with one attached hydrogen (secondary N) is 2. The third kappa shape index (κ3) is 3.15. The Balaban J connectivity index is 1.58. The largest absolute Gasteiger partial charge is 0.361 e. The molecule has 4 heteroatoms. The van der Waals surface area contributed by atoms with E-state index in [1.165, 1.54) is 10.9 Å². The van der Waals surface area contributed by atoms with Gasteiger partial charge in [-0.3, -0.25) is 4.79 Å². The second-order valence-electron chi connectivity index (χ2n) is 5.17. The summed E-state index contributed by atoms with van der Waals surface area (Å²) >= 11 is 6.19. The van der Waals surface area contributed by atoms with Gasteiger partial charge in [-0.1, -0.05) is 48.5 Å². The van der Waals surface area contributed by atoms with E-state index in [0.29, 0.717) is 6.54 Å². The van der Waals surface area contributed by atoms with Crippen molar-refractivity contribution in [3.05, 3.63) is 71.9 Å². The van der Waals surface area contributed by atoms with Crippen LogP contribution in [0.4, 0.5) is 0 Å². The van der Waals surface area contributed by atoms with E-state index in [0.717, 1.165) is 17.5 Å². The Hall–Kier alpha value is -2.26. The van der Waals surface area contributed by atoms with Crippen LogP contribution in [-0.2, 0) is 11.2 Å². The fraction of sp³-hybridized carbons (Fsp3) is 0.167. The van der Waals surface area contributed by atoms with Crippen LogP contribution in [0.15, 0.2) is 60.8 Å². The number of para-hydroxylation sites is 1. The lowest BCUT2D eigenvalue weighted by atomic mass is 10.1. The molecule has 0 spiro atoms. The third-order valence-electron chi connectivity index (χ3n) is 3.69. The van der Waals surface area contributed by atoms with Gasteiger partial charge < -0.3 is 10.3 Å². The highest BCUT2D eigenvalue weighted by Gasteiger charge is 2.16. The SMILES string of the molecule is O=C(NCCc1c[nH]c2ccccc12)C(Cl)c1ccccc1. The molecule has 0 aliphatic rings. The predicted octanol–water partition coefficient (Wildman–Crippen LogP) is 3.81. The number of aromatic nitrogens is 1. The Labute approximate surface area is 134 Å². The van der Waals surface area contributed by atoms with Crippen LogP contribution in [0.1, 0.15) is 16.5 Å². The first-order valence-corrected chi connectivity index (χ1v) is 7.71. The number of hydrogen-bond acceptors (Lipinski definition) is 1. The van der Waals surface area contributed by atoms with E-state index in [2.05, 4.69) is 16.4 Å².